The van der Waals surface area contributed by atoms with Gasteiger partial charge in [0.1, 0.15) is 4.90 Å². The van der Waals surface area contributed by atoms with Crippen LogP contribution >= 0.6 is 0 Å². The molecule has 0 aliphatic rings. The summed E-state index contributed by atoms with van der Waals surface area (Å²) in [6, 6.07) is 9.22. The van der Waals surface area contributed by atoms with Crippen molar-refractivity contribution in [1.82, 2.24) is 0 Å². The van der Waals surface area contributed by atoms with Crippen molar-refractivity contribution in [2.24, 2.45) is 5.14 Å². The molecule has 2 aromatic carbocycles. The SMILES string of the molecule is C=CCc1ccc(OS(=O)(=O)c2ccc(S(N)(=O)=O)cc2)c(OC)c1. The zero-order valence-corrected chi connectivity index (χ0v) is 15.0. The normalized spacial score (nSPS) is 11.8. The Morgan fingerprint density at radius 2 is 1.60 bits per heavy atom. The predicted octanol–water partition coefficient (Wildman–Crippen LogP) is 1.84. The fourth-order valence-corrected chi connectivity index (χ4v) is 3.49. The number of primary sulfonamides is 1. The first kappa shape index (κ1) is 19.0. The molecule has 9 heteroatoms. The molecule has 0 radical (unpaired) electrons. The first-order valence-corrected chi connectivity index (χ1v) is 9.98. The first-order chi connectivity index (χ1) is 11.7. The van der Waals surface area contributed by atoms with Crippen molar-refractivity contribution in [3.05, 3.63) is 60.7 Å². The summed E-state index contributed by atoms with van der Waals surface area (Å²) in [5.74, 6) is 0.273. The standard InChI is InChI=1S/C16H17NO6S2/c1-3-4-12-5-10-15(16(11-12)22-2)23-25(20,21)14-8-6-13(7-9-14)24(17,18)19/h3,5-11H,1,4H2,2H3,(H2,17,18,19). The van der Waals surface area contributed by atoms with Crippen LogP contribution in [0.25, 0.3) is 0 Å². The minimum atomic E-state index is -4.17. The lowest BCUT2D eigenvalue weighted by atomic mass is 10.1. The van der Waals surface area contributed by atoms with Crippen LogP contribution in [0, 0.1) is 0 Å². The van der Waals surface area contributed by atoms with Gasteiger partial charge in [-0.2, -0.15) is 8.42 Å². The van der Waals surface area contributed by atoms with E-state index >= 15 is 0 Å². The minimum Gasteiger partial charge on any atom is -0.493 e. The molecule has 0 unspecified atom stereocenters. The molecule has 0 heterocycles. The van der Waals surface area contributed by atoms with E-state index in [-0.39, 0.29) is 21.3 Å². The van der Waals surface area contributed by atoms with Crippen LogP contribution in [-0.2, 0) is 26.6 Å². The van der Waals surface area contributed by atoms with Gasteiger partial charge in [0, 0.05) is 0 Å². The molecular formula is C16H17NO6S2. The van der Waals surface area contributed by atoms with Crippen molar-refractivity contribution in [1.29, 1.82) is 0 Å². The van der Waals surface area contributed by atoms with Crippen LogP contribution in [0.4, 0.5) is 0 Å². The van der Waals surface area contributed by atoms with E-state index in [1.165, 1.54) is 13.2 Å². The molecule has 0 spiro atoms. The number of benzene rings is 2. The highest BCUT2D eigenvalue weighted by Gasteiger charge is 2.20. The zero-order valence-electron chi connectivity index (χ0n) is 13.4. The molecule has 2 N–H and O–H groups in total. The second-order valence-corrected chi connectivity index (χ2v) is 8.14. The van der Waals surface area contributed by atoms with Crippen LogP contribution in [0.1, 0.15) is 5.56 Å². The maximum absolute atomic E-state index is 12.4. The summed E-state index contributed by atoms with van der Waals surface area (Å²) < 4.78 is 57.5. The van der Waals surface area contributed by atoms with E-state index in [9.17, 15) is 16.8 Å². The van der Waals surface area contributed by atoms with Gasteiger partial charge in [0.05, 0.1) is 12.0 Å². The first-order valence-electron chi connectivity index (χ1n) is 7.02. The topological polar surface area (TPSA) is 113 Å². The third-order valence-corrected chi connectivity index (χ3v) is 5.43. The van der Waals surface area contributed by atoms with E-state index in [0.717, 1.165) is 29.8 Å². The van der Waals surface area contributed by atoms with E-state index in [0.29, 0.717) is 6.42 Å². The quantitative estimate of drug-likeness (QED) is 0.577. The number of allylic oxidation sites excluding steroid dienone is 1. The Bertz CT molecular complexity index is 980. The Balaban J connectivity index is 2.34. The maximum Gasteiger partial charge on any atom is 0.339 e. The maximum atomic E-state index is 12.4. The van der Waals surface area contributed by atoms with Crippen molar-refractivity contribution in [3.63, 3.8) is 0 Å². The molecule has 0 saturated carbocycles. The highest BCUT2D eigenvalue weighted by molar-refractivity contribution is 7.89. The van der Waals surface area contributed by atoms with Crippen LogP contribution in [0.2, 0.25) is 0 Å². The fraction of sp³-hybridized carbons (Fsp3) is 0.125. The summed E-state index contributed by atoms with van der Waals surface area (Å²) in [5, 5.41) is 4.98. The van der Waals surface area contributed by atoms with Crippen LogP contribution in [0.15, 0.2) is 64.9 Å². The van der Waals surface area contributed by atoms with Crippen molar-refractivity contribution in [3.8, 4) is 11.5 Å². The van der Waals surface area contributed by atoms with Gasteiger partial charge in [0.15, 0.2) is 11.5 Å². The summed E-state index contributed by atoms with van der Waals surface area (Å²) in [6.45, 7) is 3.64. The molecule has 0 fully saturated rings. The van der Waals surface area contributed by atoms with Gasteiger partial charge in [-0.25, -0.2) is 13.6 Å². The van der Waals surface area contributed by atoms with E-state index < -0.39 is 20.1 Å². The molecule has 134 valence electrons. The highest BCUT2D eigenvalue weighted by Crippen LogP contribution is 2.31. The Hall–Kier alpha value is -2.36. The zero-order chi connectivity index (χ0) is 18.7. The largest absolute Gasteiger partial charge is 0.493 e. The lowest BCUT2D eigenvalue weighted by molar-refractivity contribution is 0.390. The molecule has 7 nitrogen and oxygen atoms in total. The second-order valence-electron chi connectivity index (χ2n) is 5.03. The summed E-state index contributed by atoms with van der Waals surface area (Å²) in [7, 11) is -6.68. The molecule has 0 aliphatic carbocycles. The van der Waals surface area contributed by atoms with Crippen molar-refractivity contribution in [2.75, 3.05) is 7.11 Å². The van der Waals surface area contributed by atoms with Crippen molar-refractivity contribution >= 4 is 20.1 Å². The summed E-state index contributed by atoms with van der Waals surface area (Å²) in [4.78, 5) is -0.407. The molecule has 0 atom stereocenters. The molecular weight excluding hydrogens is 366 g/mol. The third kappa shape index (κ3) is 4.59. The highest BCUT2D eigenvalue weighted by atomic mass is 32.2. The Labute approximate surface area is 146 Å². The van der Waals surface area contributed by atoms with Gasteiger partial charge in [-0.15, -0.1) is 6.58 Å². The number of rotatable bonds is 7. The second kappa shape index (κ2) is 7.26. The molecule has 0 amide bonds. The summed E-state index contributed by atoms with van der Waals surface area (Å²) in [5.41, 5.74) is 0.883. The van der Waals surface area contributed by atoms with Gasteiger partial charge < -0.3 is 8.92 Å². The predicted molar refractivity (Wildman–Crippen MR) is 92.5 cm³/mol. The van der Waals surface area contributed by atoms with Crippen LogP contribution in [-0.4, -0.2) is 23.9 Å². The van der Waals surface area contributed by atoms with Crippen LogP contribution in [0.5, 0.6) is 11.5 Å². The van der Waals surface area contributed by atoms with E-state index in [1.54, 1.807) is 18.2 Å². The van der Waals surface area contributed by atoms with Gasteiger partial charge in [-0.3, -0.25) is 0 Å². The van der Waals surface area contributed by atoms with Gasteiger partial charge in [-0.1, -0.05) is 12.1 Å². The average molecular weight is 383 g/mol. The Morgan fingerprint density at radius 3 is 2.12 bits per heavy atom. The number of hydrogen-bond acceptors (Lipinski definition) is 6. The number of nitrogens with two attached hydrogens (primary N) is 1. The minimum absolute atomic E-state index is 0.0193. The van der Waals surface area contributed by atoms with Crippen LogP contribution < -0.4 is 14.1 Å². The van der Waals surface area contributed by atoms with Gasteiger partial charge >= 0.3 is 10.1 Å². The number of ether oxygens (including phenoxy) is 1. The molecule has 25 heavy (non-hydrogen) atoms. The monoisotopic (exact) mass is 383 g/mol. The van der Waals surface area contributed by atoms with Crippen molar-refractivity contribution < 1.29 is 25.8 Å². The van der Waals surface area contributed by atoms with E-state index in [1.807, 2.05) is 0 Å². The molecule has 2 rings (SSSR count). The molecule has 0 bridgehead atoms. The lowest BCUT2D eigenvalue weighted by Gasteiger charge is -2.12. The summed E-state index contributed by atoms with van der Waals surface area (Å²) in [6.07, 6.45) is 2.30. The van der Waals surface area contributed by atoms with E-state index in [2.05, 4.69) is 6.58 Å². The molecule has 0 aromatic heterocycles. The summed E-state index contributed by atoms with van der Waals surface area (Å²) >= 11 is 0. The molecule has 2 aromatic rings. The number of hydrogen-bond donors (Lipinski definition) is 1. The smallest absolute Gasteiger partial charge is 0.339 e. The number of sulfonamides is 1. The molecule has 0 aliphatic heterocycles. The Morgan fingerprint density at radius 1 is 1.00 bits per heavy atom. The Kier molecular flexibility index (Phi) is 5.51. The fourth-order valence-electron chi connectivity index (χ4n) is 2.04. The van der Waals surface area contributed by atoms with Gasteiger partial charge in [0.2, 0.25) is 10.0 Å². The van der Waals surface area contributed by atoms with Gasteiger partial charge in [0.25, 0.3) is 0 Å². The van der Waals surface area contributed by atoms with Crippen molar-refractivity contribution in [2.45, 2.75) is 16.2 Å². The number of methoxy groups -OCH3 is 1. The van der Waals surface area contributed by atoms with Gasteiger partial charge in [-0.05, 0) is 48.4 Å². The third-order valence-electron chi connectivity index (χ3n) is 3.25. The lowest BCUT2D eigenvalue weighted by Crippen LogP contribution is -2.13. The molecule has 0 saturated heterocycles. The van der Waals surface area contributed by atoms with Crippen LogP contribution in [0.3, 0.4) is 0 Å². The van der Waals surface area contributed by atoms with E-state index in [4.69, 9.17) is 14.1 Å². The average Bonchev–Trinajstić information content (AvgIpc) is 2.55.